The lowest BCUT2D eigenvalue weighted by atomic mass is 10.1. The third-order valence-corrected chi connectivity index (χ3v) is 4.71. The van der Waals surface area contributed by atoms with Gasteiger partial charge in [0.1, 0.15) is 11.6 Å². The highest BCUT2D eigenvalue weighted by Gasteiger charge is 2.15. The van der Waals surface area contributed by atoms with Crippen LogP contribution in [0.15, 0.2) is 53.1 Å². The highest BCUT2D eigenvalue weighted by molar-refractivity contribution is 6.05. The Hall–Kier alpha value is -3.81. The van der Waals surface area contributed by atoms with Gasteiger partial charge in [0.25, 0.3) is 5.91 Å². The maximum Gasteiger partial charge on any atom is 0.259 e. The van der Waals surface area contributed by atoms with Gasteiger partial charge in [0, 0.05) is 12.1 Å². The predicted octanol–water partition coefficient (Wildman–Crippen LogP) is 4.57. The van der Waals surface area contributed by atoms with Gasteiger partial charge in [-0.1, -0.05) is 12.1 Å². The van der Waals surface area contributed by atoms with Crippen LogP contribution in [-0.2, 0) is 11.2 Å². The number of ether oxygens (including phenoxy) is 2. The Balaban J connectivity index is 1.65. The fourth-order valence-electron chi connectivity index (χ4n) is 3.13. The molecule has 7 nitrogen and oxygen atoms in total. The Labute approximate surface area is 179 Å². The second kappa shape index (κ2) is 9.80. The standard InChI is InChI=1S/C23H23FN2O5/c1-14-17(11-12-31-14)23(28)26-19-13-16(8-9-18(19)24)25-21(27)10-7-15-5-4-6-20(29-2)22(15)30-3/h4-6,8-9,11-13H,7,10H2,1-3H3,(H,25,27)(H,26,28). The van der Waals surface area contributed by atoms with E-state index in [0.717, 1.165) is 5.56 Å². The first kappa shape index (κ1) is 21.9. The molecule has 1 heterocycles. The van der Waals surface area contributed by atoms with E-state index in [2.05, 4.69) is 10.6 Å². The van der Waals surface area contributed by atoms with Crippen LogP contribution in [0.3, 0.4) is 0 Å². The number of carbonyl (C=O) groups is 2. The van der Waals surface area contributed by atoms with E-state index in [4.69, 9.17) is 13.9 Å². The number of rotatable bonds is 8. The summed E-state index contributed by atoms with van der Waals surface area (Å²) in [6, 6.07) is 10.9. The molecular weight excluding hydrogens is 403 g/mol. The van der Waals surface area contributed by atoms with Crippen LogP contribution >= 0.6 is 0 Å². The number of halogens is 1. The van der Waals surface area contributed by atoms with Crippen molar-refractivity contribution in [3.63, 3.8) is 0 Å². The van der Waals surface area contributed by atoms with Crippen molar-refractivity contribution < 1.29 is 27.9 Å². The van der Waals surface area contributed by atoms with Crippen molar-refractivity contribution >= 4 is 23.2 Å². The van der Waals surface area contributed by atoms with E-state index in [-0.39, 0.29) is 18.0 Å². The van der Waals surface area contributed by atoms with E-state index < -0.39 is 11.7 Å². The molecule has 2 N–H and O–H groups in total. The number of benzene rings is 2. The first-order valence-electron chi connectivity index (χ1n) is 9.57. The highest BCUT2D eigenvalue weighted by atomic mass is 19.1. The van der Waals surface area contributed by atoms with Crippen LogP contribution in [0.5, 0.6) is 11.5 Å². The van der Waals surface area contributed by atoms with E-state index in [1.54, 1.807) is 27.2 Å². The maximum absolute atomic E-state index is 14.2. The molecule has 1 aromatic heterocycles. The average molecular weight is 426 g/mol. The fraction of sp³-hybridized carbons (Fsp3) is 0.217. The number of para-hydroxylation sites is 1. The van der Waals surface area contributed by atoms with Gasteiger partial charge in [-0.2, -0.15) is 0 Å². The van der Waals surface area contributed by atoms with Gasteiger partial charge in [0.2, 0.25) is 5.91 Å². The zero-order valence-electron chi connectivity index (χ0n) is 17.5. The van der Waals surface area contributed by atoms with Crippen LogP contribution in [0.1, 0.15) is 28.1 Å². The number of hydrogen-bond donors (Lipinski definition) is 2. The summed E-state index contributed by atoms with van der Waals surface area (Å²) in [4.78, 5) is 24.7. The number of methoxy groups -OCH3 is 2. The lowest BCUT2D eigenvalue weighted by Crippen LogP contribution is -2.15. The van der Waals surface area contributed by atoms with Gasteiger partial charge in [0.05, 0.1) is 31.7 Å². The van der Waals surface area contributed by atoms with Gasteiger partial charge >= 0.3 is 0 Å². The van der Waals surface area contributed by atoms with Crippen molar-refractivity contribution in [1.82, 2.24) is 0 Å². The van der Waals surface area contributed by atoms with Crippen LogP contribution in [-0.4, -0.2) is 26.0 Å². The smallest absolute Gasteiger partial charge is 0.259 e. The molecule has 0 aliphatic rings. The van der Waals surface area contributed by atoms with E-state index in [1.807, 2.05) is 12.1 Å². The second-order valence-corrected chi connectivity index (χ2v) is 6.74. The van der Waals surface area contributed by atoms with Gasteiger partial charge in [-0.15, -0.1) is 0 Å². The van der Waals surface area contributed by atoms with Gasteiger partial charge in [-0.05, 0) is 49.2 Å². The van der Waals surface area contributed by atoms with Crippen molar-refractivity contribution in [1.29, 1.82) is 0 Å². The minimum absolute atomic E-state index is 0.0436. The van der Waals surface area contributed by atoms with Crippen LogP contribution < -0.4 is 20.1 Å². The molecule has 0 saturated carbocycles. The van der Waals surface area contributed by atoms with Gasteiger partial charge in [0.15, 0.2) is 11.5 Å². The molecule has 0 fully saturated rings. The third kappa shape index (κ3) is 5.22. The van der Waals surface area contributed by atoms with Crippen molar-refractivity contribution in [2.75, 3.05) is 24.9 Å². The molecule has 0 unspecified atom stereocenters. The summed E-state index contributed by atoms with van der Waals surface area (Å²) < 4.78 is 29.9. The molecule has 0 bridgehead atoms. The summed E-state index contributed by atoms with van der Waals surface area (Å²) in [5.41, 5.74) is 1.46. The first-order valence-corrected chi connectivity index (χ1v) is 9.57. The summed E-state index contributed by atoms with van der Waals surface area (Å²) >= 11 is 0. The fourth-order valence-corrected chi connectivity index (χ4v) is 3.13. The number of furan rings is 1. The van der Waals surface area contributed by atoms with E-state index in [0.29, 0.717) is 34.9 Å². The molecule has 0 saturated heterocycles. The Kier molecular flexibility index (Phi) is 6.92. The molecule has 31 heavy (non-hydrogen) atoms. The Morgan fingerprint density at radius 1 is 1.06 bits per heavy atom. The van der Waals surface area contributed by atoms with Crippen LogP contribution in [0.4, 0.5) is 15.8 Å². The first-order chi connectivity index (χ1) is 14.9. The summed E-state index contributed by atoms with van der Waals surface area (Å²) in [6.07, 6.45) is 1.99. The Morgan fingerprint density at radius 3 is 2.55 bits per heavy atom. The molecule has 0 spiro atoms. The molecule has 162 valence electrons. The van der Waals surface area contributed by atoms with Crippen molar-refractivity contribution in [2.24, 2.45) is 0 Å². The van der Waals surface area contributed by atoms with Gasteiger partial charge in [-0.3, -0.25) is 9.59 Å². The largest absolute Gasteiger partial charge is 0.493 e. The third-order valence-electron chi connectivity index (χ3n) is 4.71. The SMILES string of the molecule is COc1cccc(CCC(=O)Nc2ccc(F)c(NC(=O)c3ccoc3C)c2)c1OC. The summed E-state index contributed by atoms with van der Waals surface area (Å²) in [6.45, 7) is 1.64. The Bertz CT molecular complexity index is 1090. The molecule has 3 rings (SSSR count). The van der Waals surface area contributed by atoms with Crippen LogP contribution in [0.2, 0.25) is 0 Å². The number of hydrogen-bond acceptors (Lipinski definition) is 5. The van der Waals surface area contributed by atoms with Crippen LogP contribution in [0.25, 0.3) is 0 Å². The predicted molar refractivity (Wildman–Crippen MR) is 114 cm³/mol. The molecule has 0 aliphatic heterocycles. The summed E-state index contributed by atoms with van der Waals surface area (Å²) in [7, 11) is 3.09. The number of aryl methyl sites for hydroxylation is 2. The number of amides is 2. The second-order valence-electron chi connectivity index (χ2n) is 6.74. The topological polar surface area (TPSA) is 89.8 Å². The lowest BCUT2D eigenvalue weighted by molar-refractivity contribution is -0.116. The Morgan fingerprint density at radius 2 is 1.87 bits per heavy atom. The summed E-state index contributed by atoms with van der Waals surface area (Å²) in [5, 5.41) is 5.21. The van der Waals surface area contributed by atoms with E-state index in [1.165, 1.54) is 30.5 Å². The van der Waals surface area contributed by atoms with Gasteiger partial charge < -0.3 is 24.5 Å². The number of anilines is 2. The minimum atomic E-state index is -0.617. The normalized spacial score (nSPS) is 10.5. The number of carbonyl (C=O) groups excluding carboxylic acids is 2. The zero-order valence-corrected chi connectivity index (χ0v) is 17.5. The molecule has 0 aliphatic carbocycles. The summed E-state index contributed by atoms with van der Waals surface area (Å²) in [5.74, 6) is 0.216. The molecular formula is C23H23FN2O5. The molecule has 2 amide bonds. The molecule has 3 aromatic rings. The molecule has 2 aromatic carbocycles. The van der Waals surface area contributed by atoms with E-state index >= 15 is 0 Å². The van der Waals surface area contributed by atoms with Crippen molar-refractivity contribution in [3.8, 4) is 11.5 Å². The average Bonchev–Trinajstić information content (AvgIpc) is 3.20. The molecule has 0 radical (unpaired) electrons. The van der Waals surface area contributed by atoms with Crippen molar-refractivity contribution in [2.45, 2.75) is 19.8 Å². The van der Waals surface area contributed by atoms with Crippen molar-refractivity contribution in [3.05, 3.63) is 71.4 Å². The van der Waals surface area contributed by atoms with Crippen LogP contribution in [0, 0.1) is 12.7 Å². The van der Waals surface area contributed by atoms with Gasteiger partial charge in [-0.25, -0.2) is 4.39 Å². The zero-order chi connectivity index (χ0) is 22.4. The quantitative estimate of drug-likeness (QED) is 0.551. The number of nitrogens with one attached hydrogen (secondary N) is 2. The van der Waals surface area contributed by atoms with E-state index in [9.17, 15) is 14.0 Å². The molecule has 8 heteroatoms. The maximum atomic E-state index is 14.2. The molecule has 0 atom stereocenters. The minimum Gasteiger partial charge on any atom is -0.493 e. The monoisotopic (exact) mass is 426 g/mol. The lowest BCUT2D eigenvalue weighted by Gasteiger charge is -2.13. The highest BCUT2D eigenvalue weighted by Crippen LogP contribution is 2.31.